The topological polar surface area (TPSA) is 75.4 Å². The first-order valence-electron chi connectivity index (χ1n) is 9.45. The molecule has 6 nitrogen and oxygen atoms in total. The lowest BCUT2D eigenvalue weighted by atomic mass is 10.0. The predicted molar refractivity (Wildman–Crippen MR) is 109 cm³/mol. The van der Waals surface area contributed by atoms with Crippen LogP contribution in [0.5, 0.6) is 0 Å². The molecule has 0 saturated heterocycles. The highest BCUT2D eigenvalue weighted by atomic mass is 16.4. The summed E-state index contributed by atoms with van der Waals surface area (Å²) in [4.78, 5) is 30.5. The summed E-state index contributed by atoms with van der Waals surface area (Å²) in [6, 6.07) is 18.5. The number of carboxylic acid groups (broad SMARTS) is 1. The summed E-state index contributed by atoms with van der Waals surface area (Å²) in [7, 11) is 0. The molecule has 1 aliphatic heterocycles. The molecule has 0 fully saturated rings. The van der Waals surface area contributed by atoms with Gasteiger partial charge in [-0.2, -0.15) is 0 Å². The SMILES string of the molecule is O=C(O)C1Cc2c(ncn2Cc2ccccc2)CN1C(=O)/C=C/c1ccccc1. The first kappa shape index (κ1) is 18.7. The van der Waals surface area contributed by atoms with Crippen molar-refractivity contribution in [3.05, 3.63) is 95.6 Å². The Kier molecular flexibility index (Phi) is 5.24. The summed E-state index contributed by atoms with van der Waals surface area (Å²) in [6.07, 6.45) is 5.09. The molecule has 1 unspecified atom stereocenters. The minimum atomic E-state index is -1.01. The van der Waals surface area contributed by atoms with E-state index in [9.17, 15) is 14.7 Å². The molecule has 1 aromatic heterocycles. The molecule has 146 valence electrons. The molecule has 4 rings (SSSR count). The van der Waals surface area contributed by atoms with Gasteiger partial charge in [-0.25, -0.2) is 9.78 Å². The van der Waals surface area contributed by atoms with Crippen molar-refractivity contribution in [3.63, 3.8) is 0 Å². The summed E-state index contributed by atoms with van der Waals surface area (Å²) in [5.74, 6) is -1.34. The zero-order chi connectivity index (χ0) is 20.2. The number of hydrogen-bond acceptors (Lipinski definition) is 3. The van der Waals surface area contributed by atoms with Crippen molar-refractivity contribution in [2.75, 3.05) is 0 Å². The molecular formula is C23H21N3O3. The third-order valence-electron chi connectivity index (χ3n) is 5.10. The van der Waals surface area contributed by atoms with Gasteiger partial charge in [0, 0.05) is 24.7 Å². The van der Waals surface area contributed by atoms with E-state index in [1.54, 1.807) is 12.4 Å². The quantitative estimate of drug-likeness (QED) is 0.683. The van der Waals surface area contributed by atoms with E-state index >= 15 is 0 Å². The van der Waals surface area contributed by atoms with Crippen LogP contribution in [0.3, 0.4) is 0 Å². The van der Waals surface area contributed by atoms with Gasteiger partial charge in [-0.1, -0.05) is 60.7 Å². The van der Waals surface area contributed by atoms with Crippen LogP contribution in [0.25, 0.3) is 6.08 Å². The van der Waals surface area contributed by atoms with E-state index in [4.69, 9.17) is 0 Å². The lowest BCUT2D eigenvalue weighted by Crippen LogP contribution is -2.48. The van der Waals surface area contributed by atoms with Crippen LogP contribution in [-0.4, -0.2) is 37.5 Å². The van der Waals surface area contributed by atoms with Gasteiger partial charge in [-0.3, -0.25) is 4.79 Å². The Morgan fingerprint density at radius 2 is 1.76 bits per heavy atom. The van der Waals surface area contributed by atoms with E-state index in [1.165, 1.54) is 11.0 Å². The molecule has 2 aromatic carbocycles. The number of imidazole rings is 1. The molecule has 0 saturated carbocycles. The fourth-order valence-corrected chi connectivity index (χ4v) is 3.58. The van der Waals surface area contributed by atoms with E-state index in [1.807, 2.05) is 65.2 Å². The Morgan fingerprint density at radius 3 is 2.45 bits per heavy atom. The molecule has 29 heavy (non-hydrogen) atoms. The molecule has 1 N–H and O–H groups in total. The summed E-state index contributed by atoms with van der Waals surface area (Å²) in [6.45, 7) is 0.809. The number of carboxylic acids is 1. The third kappa shape index (κ3) is 4.11. The van der Waals surface area contributed by atoms with Crippen LogP contribution in [0, 0.1) is 0 Å². The van der Waals surface area contributed by atoms with Gasteiger partial charge in [0.05, 0.1) is 18.6 Å². The molecule has 0 spiro atoms. The van der Waals surface area contributed by atoms with Gasteiger partial charge in [0.1, 0.15) is 6.04 Å². The molecular weight excluding hydrogens is 366 g/mol. The maximum atomic E-state index is 12.7. The average molecular weight is 387 g/mol. The predicted octanol–water partition coefficient (Wildman–Crippen LogP) is 2.98. The van der Waals surface area contributed by atoms with Gasteiger partial charge in [-0.15, -0.1) is 0 Å². The second-order valence-electron chi connectivity index (χ2n) is 7.02. The molecule has 0 aliphatic carbocycles. The largest absolute Gasteiger partial charge is 0.480 e. The highest BCUT2D eigenvalue weighted by Gasteiger charge is 2.36. The van der Waals surface area contributed by atoms with Crippen LogP contribution in [0.15, 0.2) is 73.1 Å². The Morgan fingerprint density at radius 1 is 1.07 bits per heavy atom. The highest BCUT2D eigenvalue weighted by Crippen LogP contribution is 2.24. The number of nitrogens with zero attached hydrogens (tertiary/aromatic N) is 3. The van der Waals surface area contributed by atoms with Crippen LogP contribution in [0.2, 0.25) is 0 Å². The number of fused-ring (bicyclic) bond motifs is 1. The maximum Gasteiger partial charge on any atom is 0.326 e. The van der Waals surface area contributed by atoms with Crippen molar-refractivity contribution in [2.45, 2.75) is 25.6 Å². The highest BCUT2D eigenvalue weighted by molar-refractivity contribution is 5.94. The van der Waals surface area contributed by atoms with E-state index in [2.05, 4.69) is 4.98 Å². The number of rotatable bonds is 5. The smallest absolute Gasteiger partial charge is 0.326 e. The van der Waals surface area contributed by atoms with E-state index in [-0.39, 0.29) is 18.9 Å². The molecule has 0 bridgehead atoms. The monoisotopic (exact) mass is 387 g/mol. The van der Waals surface area contributed by atoms with Gasteiger partial charge in [0.15, 0.2) is 0 Å². The van der Waals surface area contributed by atoms with E-state index in [0.717, 1.165) is 22.5 Å². The van der Waals surface area contributed by atoms with Crippen LogP contribution in [0.1, 0.15) is 22.5 Å². The number of benzene rings is 2. The second kappa shape index (κ2) is 8.14. The van der Waals surface area contributed by atoms with Gasteiger partial charge < -0.3 is 14.6 Å². The van der Waals surface area contributed by atoms with E-state index in [0.29, 0.717) is 6.54 Å². The van der Waals surface area contributed by atoms with Crippen molar-refractivity contribution in [1.82, 2.24) is 14.5 Å². The Balaban J connectivity index is 1.56. The second-order valence-corrected chi connectivity index (χ2v) is 7.02. The zero-order valence-corrected chi connectivity index (χ0v) is 15.8. The fraction of sp³-hybridized carbons (Fsp3) is 0.174. The Labute approximate surface area is 168 Å². The van der Waals surface area contributed by atoms with Crippen LogP contribution >= 0.6 is 0 Å². The van der Waals surface area contributed by atoms with E-state index < -0.39 is 12.0 Å². The van der Waals surface area contributed by atoms with Crippen molar-refractivity contribution >= 4 is 18.0 Å². The van der Waals surface area contributed by atoms with Crippen LogP contribution < -0.4 is 0 Å². The molecule has 6 heteroatoms. The summed E-state index contributed by atoms with van der Waals surface area (Å²) < 4.78 is 1.97. The summed E-state index contributed by atoms with van der Waals surface area (Å²) in [5.41, 5.74) is 3.62. The number of carbonyl (C=O) groups excluding carboxylic acids is 1. The standard InChI is InChI=1S/C23H21N3O3/c27-22(12-11-17-7-3-1-4-8-17)26-15-19-20(13-21(26)23(28)29)25(16-24-19)14-18-9-5-2-6-10-18/h1-12,16,21H,13-15H2,(H,28,29)/b12-11+. The summed E-state index contributed by atoms with van der Waals surface area (Å²) >= 11 is 0. The van der Waals surface area contributed by atoms with Crippen LogP contribution in [-0.2, 0) is 29.1 Å². The maximum absolute atomic E-state index is 12.7. The van der Waals surface area contributed by atoms with Crippen LogP contribution in [0.4, 0.5) is 0 Å². The fourth-order valence-electron chi connectivity index (χ4n) is 3.58. The molecule has 1 amide bonds. The zero-order valence-electron chi connectivity index (χ0n) is 15.8. The van der Waals surface area contributed by atoms with Gasteiger partial charge in [0.2, 0.25) is 5.91 Å². The molecule has 2 heterocycles. The normalized spacial score (nSPS) is 16.0. The Bertz CT molecular complexity index is 1040. The van der Waals surface area contributed by atoms with Gasteiger partial charge >= 0.3 is 5.97 Å². The Hall–Kier alpha value is -3.67. The van der Waals surface area contributed by atoms with Crippen molar-refractivity contribution in [1.29, 1.82) is 0 Å². The lowest BCUT2D eigenvalue weighted by Gasteiger charge is -2.32. The van der Waals surface area contributed by atoms with Gasteiger partial charge in [-0.05, 0) is 17.2 Å². The minimum Gasteiger partial charge on any atom is -0.480 e. The molecule has 1 aliphatic rings. The number of amides is 1. The number of aliphatic carboxylic acids is 1. The molecule has 0 radical (unpaired) electrons. The molecule has 3 aromatic rings. The van der Waals surface area contributed by atoms with Crippen molar-refractivity contribution < 1.29 is 14.7 Å². The van der Waals surface area contributed by atoms with Crippen molar-refractivity contribution in [3.8, 4) is 0 Å². The third-order valence-corrected chi connectivity index (χ3v) is 5.10. The van der Waals surface area contributed by atoms with Gasteiger partial charge in [0.25, 0.3) is 0 Å². The first-order chi connectivity index (χ1) is 14.1. The summed E-state index contributed by atoms with van der Waals surface area (Å²) in [5, 5.41) is 9.74. The average Bonchev–Trinajstić information content (AvgIpc) is 3.14. The number of carbonyl (C=O) groups is 2. The minimum absolute atomic E-state index is 0.187. The molecule has 1 atom stereocenters. The number of aromatic nitrogens is 2. The first-order valence-corrected chi connectivity index (χ1v) is 9.45. The number of hydrogen-bond donors (Lipinski definition) is 1. The van der Waals surface area contributed by atoms with Crippen molar-refractivity contribution in [2.24, 2.45) is 0 Å². The lowest BCUT2D eigenvalue weighted by molar-refractivity contribution is -0.149.